The molecule has 0 aliphatic carbocycles. The molecule has 0 aliphatic rings. The summed E-state index contributed by atoms with van der Waals surface area (Å²) in [5.74, 6) is -0.379. The van der Waals surface area contributed by atoms with Gasteiger partial charge in [0.25, 0.3) is 0 Å². The van der Waals surface area contributed by atoms with Gasteiger partial charge in [0.1, 0.15) is 0 Å². The third-order valence-electron chi connectivity index (χ3n) is 6.32. The van der Waals surface area contributed by atoms with Gasteiger partial charge in [-0.05, 0) is 69.2 Å². The molecular weight excluding hydrogens is 543 g/mol. The molecule has 2 N–H and O–H groups in total. The first-order valence-corrected chi connectivity index (χ1v) is 13.0. The second kappa shape index (κ2) is 11.6. The van der Waals surface area contributed by atoms with Crippen molar-refractivity contribution in [2.75, 3.05) is 17.7 Å². The second-order valence-electron chi connectivity index (χ2n) is 8.87. The van der Waals surface area contributed by atoms with E-state index in [1.807, 2.05) is 67.4 Å². The van der Waals surface area contributed by atoms with E-state index in [1.165, 1.54) is 7.11 Å². The van der Waals surface area contributed by atoms with Crippen molar-refractivity contribution in [3.05, 3.63) is 92.0 Å². The number of nitrogens with one attached hydrogen (secondary N) is 2. The Morgan fingerprint density at radius 3 is 2.00 bits per heavy atom. The van der Waals surface area contributed by atoms with Gasteiger partial charge in [-0.2, -0.15) is 10.2 Å². The summed E-state index contributed by atoms with van der Waals surface area (Å²) in [5.41, 5.74) is 7.25. The molecule has 0 atom stereocenters. The van der Waals surface area contributed by atoms with E-state index in [-0.39, 0.29) is 5.97 Å². The Morgan fingerprint density at radius 1 is 0.895 bits per heavy atom. The molecule has 2 aromatic heterocycles. The molecule has 0 radical (unpaired) electrons. The van der Waals surface area contributed by atoms with Crippen LogP contribution in [0.4, 0.5) is 11.4 Å². The van der Waals surface area contributed by atoms with E-state index in [2.05, 4.69) is 20.8 Å². The SMILES string of the molecule is COC(=O)c1ccccc1Cn1nc(C)c(NC(=S)Nc2c(C)nn(Cc3ccc(Cl)cc3Cl)c2C)c1C. The highest BCUT2D eigenvalue weighted by atomic mass is 35.5. The number of methoxy groups -OCH3 is 1. The number of aromatic nitrogens is 4. The predicted molar refractivity (Wildman–Crippen MR) is 156 cm³/mol. The molecule has 2 heterocycles. The van der Waals surface area contributed by atoms with Gasteiger partial charge in [-0.15, -0.1) is 0 Å². The van der Waals surface area contributed by atoms with Crippen LogP contribution in [-0.4, -0.2) is 37.8 Å². The van der Waals surface area contributed by atoms with Crippen molar-refractivity contribution in [1.82, 2.24) is 19.6 Å². The maximum atomic E-state index is 12.2. The normalized spacial score (nSPS) is 10.9. The third-order valence-corrected chi connectivity index (χ3v) is 7.11. The van der Waals surface area contributed by atoms with Crippen molar-refractivity contribution >= 4 is 57.9 Å². The fraction of sp³-hybridized carbons (Fsp3) is 0.259. The summed E-state index contributed by atoms with van der Waals surface area (Å²) in [5, 5.41) is 17.5. The zero-order chi connectivity index (χ0) is 27.6. The van der Waals surface area contributed by atoms with Crippen LogP contribution in [0.15, 0.2) is 42.5 Å². The number of esters is 1. The van der Waals surface area contributed by atoms with E-state index in [4.69, 9.17) is 40.2 Å². The molecule has 0 unspecified atom stereocenters. The first-order chi connectivity index (χ1) is 18.1. The van der Waals surface area contributed by atoms with Gasteiger partial charge in [-0.3, -0.25) is 9.36 Å². The maximum absolute atomic E-state index is 12.2. The smallest absolute Gasteiger partial charge is 0.338 e. The lowest BCUT2D eigenvalue weighted by Crippen LogP contribution is -2.21. The lowest BCUT2D eigenvalue weighted by atomic mass is 10.1. The van der Waals surface area contributed by atoms with Crippen LogP contribution < -0.4 is 10.6 Å². The van der Waals surface area contributed by atoms with E-state index >= 15 is 0 Å². The van der Waals surface area contributed by atoms with Gasteiger partial charge in [0.2, 0.25) is 0 Å². The molecule has 0 bridgehead atoms. The van der Waals surface area contributed by atoms with Crippen LogP contribution in [0.2, 0.25) is 10.0 Å². The zero-order valence-electron chi connectivity index (χ0n) is 21.7. The fourth-order valence-electron chi connectivity index (χ4n) is 4.26. The minimum Gasteiger partial charge on any atom is -0.465 e. The van der Waals surface area contributed by atoms with E-state index in [9.17, 15) is 4.79 Å². The van der Waals surface area contributed by atoms with Gasteiger partial charge in [0.05, 0.1) is 59.9 Å². The van der Waals surface area contributed by atoms with Crippen LogP contribution in [0.5, 0.6) is 0 Å². The Kier molecular flexibility index (Phi) is 8.40. The molecule has 11 heteroatoms. The van der Waals surface area contributed by atoms with Gasteiger partial charge in [-0.25, -0.2) is 4.79 Å². The van der Waals surface area contributed by atoms with Crippen LogP contribution in [-0.2, 0) is 17.8 Å². The summed E-state index contributed by atoms with van der Waals surface area (Å²) in [6.07, 6.45) is 0. The average Bonchev–Trinajstić information content (AvgIpc) is 3.29. The number of anilines is 2. The first-order valence-electron chi connectivity index (χ1n) is 11.8. The number of hydrogen-bond donors (Lipinski definition) is 2. The van der Waals surface area contributed by atoms with Crippen molar-refractivity contribution in [3.8, 4) is 0 Å². The third kappa shape index (κ3) is 5.85. The Labute approximate surface area is 236 Å². The number of hydrogen-bond acceptors (Lipinski definition) is 5. The van der Waals surface area contributed by atoms with Crippen molar-refractivity contribution < 1.29 is 9.53 Å². The van der Waals surface area contributed by atoms with E-state index in [1.54, 1.807) is 12.1 Å². The Hall–Kier alpha value is -3.40. The quantitative estimate of drug-likeness (QED) is 0.199. The number of carbonyl (C=O) groups excluding carboxylic acids is 1. The summed E-state index contributed by atoms with van der Waals surface area (Å²) in [6, 6.07) is 12.8. The molecule has 0 fully saturated rings. The van der Waals surface area contributed by atoms with E-state index in [0.717, 1.165) is 45.3 Å². The topological polar surface area (TPSA) is 86.0 Å². The second-order valence-corrected chi connectivity index (χ2v) is 10.1. The lowest BCUT2D eigenvalue weighted by Gasteiger charge is -2.13. The average molecular weight is 572 g/mol. The van der Waals surface area contributed by atoms with Crippen LogP contribution in [0.25, 0.3) is 0 Å². The van der Waals surface area contributed by atoms with Gasteiger partial charge < -0.3 is 15.4 Å². The van der Waals surface area contributed by atoms with Gasteiger partial charge in [0, 0.05) is 10.0 Å². The number of halogens is 2. The minimum absolute atomic E-state index is 0.379. The molecule has 0 spiro atoms. The number of ether oxygens (including phenoxy) is 1. The van der Waals surface area contributed by atoms with Crippen LogP contribution in [0.1, 0.15) is 44.3 Å². The monoisotopic (exact) mass is 570 g/mol. The number of thiocarbonyl (C=S) groups is 1. The van der Waals surface area contributed by atoms with Gasteiger partial charge in [-0.1, -0.05) is 47.5 Å². The van der Waals surface area contributed by atoms with Gasteiger partial charge >= 0.3 is 5.97 Å². The van der Waals surface area contributed by atoms with E-state index in [0.29, 0.717) is 33.8 Å². The molecule has 4 rings (SSSR count). The summed E-state index contributed by atoms with van der Waals surface area (Å²) in [6.45, 7) is 8.68. The number of aryl methyl sites for hydroxylation is 2. The van der Waals surface area contributed by atoms with Crippen molar-refractivity contribution in [1.29, 1.82) is 0 Å². The summed E-state index contributed by atoms with van der Waals surface area (Å²) in [4.78, 5) is 12.2. The largest absolute Gasteiger partial charge is 0.465 e. The van der Waals surface area contributed by atoms with Crippen molar-refractivity contribution in [2.24, 2.45) is 0 Å². The molecule has 0 amide bonds. The molecule has 8 nitrogen and oxygen atoms in total. The number of carbonyl (C=O) groups is 1. The predicted octanol–water partition coefficient (Wildman–Crippen LogP) is 6.31. The van der Waals surface area contributed by atoms with Crippen molar-refractivity contribution in [2.45, 2.75) is 40.8 Å². The summed E-state index contributed by atoms with van der Waals surface area (Å²) >= 11 is 18.0. The molecule has 0 saturated carbocycles. The highest BCUT2D eigenvalue weighted by molar-refractivity contribution is 7.80. The molecule has 4 aromatic rings. The summed E-state index contributed by atoms with van der Waals surface area (Å²) in [7, 11) is 1.37. The van der Waals surface area contributed by atoms with Crippen LogP contribution in [0.3, 0.4) is 0 Å². The fourth-order valence-corrected chi connectivity index (χ4v) is 4.93. The van der Waals surface area contributed by atoms with Gasteiger partial charge in [0.15, 0.2) is 5.11 Å². The number of benzene rings is 2. The molecule has 0 saturated heterocycles. The number of rotatable bonds is 7. The van der Waals surface area contributed by atoms with Crippen molar-refractivity contribution in [3.63, 3.8) is 0 Å². The lowest BCUT2D eigenvalue weighted by molar-refractivity contribution is 0.0599. The molecule has 2 aromatic carbocycles. The highest BCUT2D eigenvalue weighted by Crippen LogP contribution is 2.26. The maximum Gasteiger partial charge on any atom is 0.338 e. The Balaban J connectivity index is 1.50. The van der Waals surface area contributed by atoms with Crippen LogP contribution >= 0.6 is 35.4 Å². The standard InChI is InChI=1S/C27H28Cl2N6O2S/c1-15-24(17(3)34(32-15)13-19-8-6-7-9-22(19)26(36)37-5)30-27(38)31-25-16(2)33-35(18(25)4)14-20-10-11-21(28)12-23(20)29/h6-12H,13-14H2,1-5H3,(H2,30,31,38). The first kappa shape index (κ1) is 27.6. The highest BCUT2D eigenvalue weighted by Gasteiger charge is 2.18. The zero-order valence-corrected chi connectivity index (χ0v) is 24.1. The summed E-state index contributed by atoms with van der Waals surface area (Å²) < 4.78 is 8.64. The number of nitrogens with zero attached hydrogens (tertiary/aromatic N) is 4. The molecule has 38 heavy (non-hydrogen) atoms. The molecule has 0 aliphatic heterocycles. The van der Waals surface area contributed by atoms with E-state index < -0.39 is 0 Å². The van der Waals surface area contributed by atoms with Crippen LogP contribution in [0, 0.1) is 27.7 Å². The Bertz CT molecular complexity index is 1530. The Morgan fingerprint density at radius 2 is 1.45 bits per heavy atom. The molecular formula is C27H28Cl2N6O2S. The molecule has 198 valence electrons. The minimum atomic E-state index is -0.379.